The maximum Gasteiger partial charge on any atom is 0.221 e. The van der Waals surface area contributed by atoms with Crippen molar-refractivity contribution in [3.05, 3.63) is 17.7 Å². The predicted octanol–water partition coefficient (Wildman–Crippen LogP) is 1.38. The largest absolute Gasteiger partial charge is 0.478 e. The Kier molecular flexibility index (Phi) is 4.65. The zero-order valence-corrected chi connectivity index (χ0v) is 9.47. The van der Waals surface area contributed by atoms with Gasteiger partial charge in [-0.05, 0) is 13.0 Å². The summed E-state index contributed by atoms with van der Waals surface area (Å²) < 4.78 is 10.8. The Labute approximate surface area is 95.4 Å². The van der Waals surface area contributed by atoms with Crippen LogP contribution in [0.15, 0.2) is 12.1 Å². The van der Waals surface area contributed by atoms with Crippen LogP contribution in [-0.4, -0.2) is 24.7 Å². The second kappa shape index (κ2) is 5.78. The van der Waals surface area contributed by atoms with Gasteiger partial charge in [-0.2, -0.15) is 4.98 Å². The number of rotatable bonds is 2. The van der Waals surface area contributed by atoms with Crippen LogP contribution in [0.4, 0.5) is 0 Å². The van der Waals surface area contributed by atoms with Crippen molar-refractivity contribution in [1.29, 1.82) is 0 Å². The Morgan fingerprint density at radius 1 is 1.53 bits per heavy atom. The highest BCUT2D eigenvalue weighted by molar-refractivity contribution is 5.85. The molecule has 0 saturated carbocycles. The van der Waals surface area contributed by atoms with Crippen molar-refractivity contribution in [1.82, 2.24) is 10.3 Å². The first-order chi connectivity index (χ1) is 6.90. The molecular formula is C10H15ClN2O2. The fraction of sp³-hybridized carbons (Fsp3) is 0.500. The van der Waals surface area contributed by atoms with Gasteiger partial charge >= 0.3 is 0 Å². The lowest BCUT2D eigenvalue weighted by molar-refractivity contribution is 0.293. The first-order valence-corrected chi connectivity index (χ1v) is 4.86. The molecule has 0 radical (unpaired) electrons. The molecule has 15 heavy (non-hydrogen) atoms. The van der Waals surface area contributed by atoms with Gasteiger partial charge in [-0.1, -0.05) is 0 Å². The summed E-state index contributed by atoms with van der Waals surface area (Å²) in [5.41, 5.74) is 1.09. The molecular weight excluding hydrogens is 216 g/mol. The summed E-state index contributed by atoms with van der Waals surface area (Å²) in [7, 11) is 0. The standard InChI is InChI=1S/C10H14N2O2.ClH/c1-2-13-9-4-3-8-7-11-5-6-14-10(8)12-9;/h3-4,11H,2,5-7H2,1H3;1H. The van der Waals surface area contributed by atoms with Gasteiger partial charge in [-0.25, -0.2) is 0 Å². The highest BCUT2D eigenvalue weighted by atomic mass is 35.5. The maximum atomic E-state index is 5.48. The molecule has 1 aromatic rings. The quantitative estimate of drug-likeness (QED) is 0.834. The highest BCUT2D eigenvalue weighted by Gasteiger charge is 2.10. The zero-order chi connectivity index (χ0) is 9.80. The third-order valence-electron chi connectivity index (χ3n) is 2.04. The summed E-state index contributed by atoms with van der Waals surface area (Å²) >= 11 is 0. The van der Waals surface area contributed by atoms with Crippen LogP contribution in [0.3, 0.4) is 0 Å². The fourth-order valence-electron chi connectivity index (χ4n) is 1.38. The smallest absolute Gasteiger partial charge is 0.221 e. The third kappa shape index (κ3) is 2.97. The van der Waals surface area contributed by atoms with Crippen LogP contribution in [0, 0.1) is 0 Å². The number of ether oxygens (including phenoxy) is 2. The van der Waals surface area contributed by atoms with E-state index in [4.69, 9.17) is 9.47 Å². The summed E-state index contributed by atoms with van der Waals surface area (Å²) in [6.07, 6.45) is 0. The fourth-order valence-corrected chi connectivity index (χ4v) is 1.38. The van der Waals surface area contributed by atoms with E-state index in [1.807, 2.05) is 19.1 Å². The van der Waals surface area contributed by atoms with Crippen molar-refractivity contribution in [2.24, 2.45) is 0 Å². The van der Waals surface area contributed by atoms with Gasteiger partial charge < -0.3 is 14.8 Å². The molecule has 5 heteroatoms. The molecule has 0 amide bonds. The molecule has 0 atom stereocenters. The Hall–Kier alpha value is -1.00. The lowest BCUT2D eigenvalue weighted by atomic mass is 10.2. The van der Waals surface area contributed by atoms with Crippen molar-refractivity contribution in [3.63, 3.8) is 0 Å². The van der Waals surface area contributed by atoms with E-state index in [2.05, 4.69) is 10.3 Å². The van der Waals surface area contributed by atoms with Crippen LogP contribution < -0.4 is 14.8 Å². The van der Waals surface area contributed by atoms with Crippen molar-refractivity contribution >= 4 is 12.4 Å². The lowest BCUT2D eigenvalue weighted by Gasteiger charge is -2.07. The molecule has 0 aliphatic carbocycles. The van der Waals surface area contributed by atoms with E-state index in [0.29, 0.717) is 25.0 Å². The Morgan fingerprint density at radius 3 is 3.20 bits per heavy atom. The molecule has 0 saturated heterocycles. The number of nitrogens with zero attached hydrogens (tertiary/aromatic N) is 1. The summed E-state index contributed by atoms with van der Waals surface area (Å²) in [6, 6.07) is 3.87. The molecule has 0 aromatic carbocycles. The Morgan fingerprint density at radius 2 is 2.40 bits per heavy atom. The number of fused-ring (bicyclic) bond motifs is 1. The topological polar surface area (TPSA) is 43.4 Å². The minimum atomic E-state index is 0. The van der Waals surface area contributed by atoms with Crippen LogP contribution in [0.1, 0.15) is 12.5 Å². The summed E-state index contributed by atoms with van der Waals surface area (Å²) in [5.74, 6) is 1.33. The van der Waals surface area contributed by atoms with Gasteiger partial charge in [0.15, 0.2) is 0 Å². The second-order valence-corrected chi connectivity index (χ2v) is 3.07. The zero-order valence-electron chi connectivity index (χ0n) is 8.66. The number of halogens is 1. The van der Waals surface area contributed by atoms with Gasteiger partial charge in [0.1, 0.15) is 6.61 Å². The second-order valence-electron chi connectivity index (χ2n) is 3.07. The van der Waals surface area contributed by atoms with E-state index in [1.54, 1.807) is 0 Å². The Bertz CT molecular complexity index is 320. The summed E-state index contributed by atoms with van der Waals surface area (Å²) in [5, 5.41) is 3.25. The van der Waals surface area contributed by atoms with Gasteiger partial charge in [-0.3, -0.25) is 0 Å². The molecule has 1 N–H and O–H groups in total. The molecule has 0 unspecified atom stereocenters. The van der Waals surface area contributed by atoms with Crippen molar-refractivity contribution in [3.8, 4) is 11.8 Å². The number of nitrogens with one attached hydrogen (secondary N) is 1. The van der Waals surface area contributed by atoms with Gasteiger partial charge in [0, 0.05) is 24.7 Å². The summed E-state index contributed by atoms with van der Waals surface area (Å²) in [4.78, 5) is 4.28. The van der Waals surface area contributed by atoms with E-state index in [9.17, 15) is 0 Å². The molecule has 0 bridgehead atoms. The van der Waals surface area contributed by atoms with Gasteiger partial charge in [-0.15, -0.1) is 12.4 Å². The molecule has 1 aromatic heterocycles. The van der Waals surface area contributed by atoms with Crippen LogP contribution in [0.5, 0.6) is 11.8 Å². The lowest BCUT2D eigenvalue weighted by Crippen LogP contribution is -2.16. The number of hydrogen-bond acceptors (Lipinski definition) is 4. The average molecular weight is 231 g/mol. The van der Waals surface area contributed by atoms with E-state index < -0.39 is 0 Å². The maximum absolute atomic E-state index is 5.48. The highest BCUT2D eigenvalue weighted by Crippen LogP contribution is 2.21. The van der Waals surface area contributed by atoms with Gasteiger partial charge in [0.2, 0.25) is 11.8 Å². The number of pyridine rings is 1. The molecule has 0 spiro atoms. The van der Waals surface area contributed by atoms with E-state index in [1.165, 1.54) is 0 Å². The third-order valence-corrected chi connectivity index (χ3v) is 2.04. The van der Waals surface area contributed by atoms with E-state index in [-0.39, 0.29) is 12.4 Å². The molecule has 4 nitrogen and oxygen atoms in total. The molecule has 2 heterocycles. The van der Waals surface area contributed by atoms with Crippen LogP contribution >= 0.6 is 12.4 Å². The molecule has 1 aliphatic heterocycles. The summed E-state index contributed by atoms with van der Waals surface area (Å²) in [6.45, 7) is 4.91. The first-order valence-electron chi connectivity index (χ1n) is 4.86. The SMILES string of the molecule is CCOc1ccc2c(n1)OCCNC2.Cl. The average Bonchev–Trinajstić information content (AvgIpc) is 2.42. The minimum absolute atomic E-state index is 0. The van der Waals surface area contributed by atoms with Crippen LogP contribution in [-0.2, 0) is 6.54 Å². The molecule has 0 fully saturated rings. The first kappa shape index (κ1) is 12.1. The predicted molar refractivity (Wildman–Crippen MR) is 59.9 cm³/mol. The van der Waals surface area contributed by atoms with Crippen molar-refractivity contribution < 1.29 is 9.47 Å². The van der Waals surface area contributed by atoms with Crippen molar-refractivity contribution in [2.45, 2.75) is 13.5 Å². The van der Waals surface area contributed by atoms with E-state index >= 15 is 0 Å². The monoisotopic (exact) mass is 230 g/mol. The normalized spacial score (nSPS) is 14.2. The van der Waals surface area contributed by atoms with Gasteiger partial charge in [0.05, 0.1) is 6.61 Å². The molecule has 1 aliphatic rings. The van der Waals surface area contributed by atoms with Crippen LogP contribution in [0.2, 0.25) is 0 Å². The van der Waals surface area contributed by atoms with Crippen molar-refractivity contribution in [2.75, 3.05) is 19.8 Å². The van der Waals surface area contributed by atoms with Crippen LogP contribution in [0.25, 0.3) is 0 Å². The minimum Gasteiger partial charge on any atom is -0.478 e. The Balaban J connectivity index is 0.00000112. The molecule has 2 rings (SSSR count). The molecule has 84 valence electrons. The van der Waals surface area contributed by atoms with E-state index in [0.717, 1.165) is 18.7 Å². The number of hydrogen-bond donors (Lipinski definition) is 1. The number of aromatic nitrogens is 1. The van der Waals surface area contributed by atoms with Gasteiger partial charge in [0.25, 0.3) is 0 Å².